The predicted molar refractivity (Wildman–Crippen MR) is 197 cm³/mol. The van der Waals surface area contributed by atoms with Gasteiger partial charge in [0.15, 0.2) is 0 Å². The van der Waals surface area contributed by atoms with E-state index in [2.05, 4.69) is 176 Å². The van der Waals surface area contributed by atoms with Gasteiger partial charge in [0.25, 0.3) is 0 Å². The maximum absolute atomic E-state index is 6.34. The number of fused-ring (bicyclic) bond motifs is 6. The number of nitrogens with zero attached hydrogens (tertiary/aromatic N) is 1. The summed E-state index contributed by atoms with van der Waals surface area (Å²) in [4.78, 5) is 2.43. The van der Waals surface area contributed by atoms with E-state index in [0.717, 1.165) is 50.1 Å². The smallest absolute Gasteiger partial charge is 0.136 e. The van der Waals surface area contributed by atoms with Crippen LogP contribution in [0, 0.1) is 0 Å². The number of anilines is 3. The Balaban J connectivity index is 1.30. The highest BCUT2D eigenvalue weighted by Crippen LogP contribution is 2.51. The second-order valence-corrected chi connectivity index (χ2v) is 12.9. The number of hydrogen-bond acceptors (Lipinski definition) is 2. The molecule has 0 spiro atoms. The van der Waals surface area contributed by atoms with E-state index < -0.39 is 0 Å². The molecule has 0 fully saturated rings. The molecule has 1 aliphatic carbocycles. The van der Waals surface area contributed by atoms with Crippen molar-refractivity contribution in [2.45, 2.75) is 19.3 Å². The molecule has 1 aliphatic rings. The van der Waals surface area contributed by atoms with Crippen LogP contribution in [0.3, 0.4) is 0 Å². The Morgan fingerprint density at radius 2 is 1.09 bits per heavy atom. The topological polar surface area (TPSA) is 16.4 Å². The molecule has 0 N–H and O–H groups in total. The van der Waals surface area contributed by atoms with Gasteiger partial charge in [0.05, 0.1) is 5.69 Å². The summed E-state index contributed by atoms with van der Waals surface area (Å²) in [6.07, 6.45) is 0. The molecule has 0 amide bonds. The summed E-state index contributed by atoms with van der Waals surface area (Å²) in [6.45, 7) is 4.70. The summed E-state index contributed by atoms with van der Waals surface area (Å²) in [5.41, 5.74) is 15.1. The van der Waals surface area contributed by atoms with Crippen LogP contribution >= 0.6 is 0 Å². The van der Waals surface area contributed by atoms with Crippen LogP contribution in [0.2, 0.25) is 0 Å². The standard InChI is InChI=1S/C45H33NO/c1-45(2)39-22-9-6-18-34(39)35-27-26-33(29-40(35)45)46(32-17-12-16-31(28-32)30-14-4-3-5-15-30)41-23-10-7-19-36(41)37-21-13-25-43-44(37)38-20-8-11-24-42(38)47-43/h3-29H,1-2H3. The lowest BCUT2D eigenvalue weighted by atomic mass is 9.82. The molecule has 0 unspecified atom stereocenters. The van der Waals surface area contributed by atoms with E-state index in [4.69, 9.17) is 4.42 Å². The lowest BCUT2D eigenvalue weighted by Gasteiger charge is -2.30. The van der Waals surface area contributed by atoms with E-state index in [1.54, 1.807) is 0 Å². The lowest BCUT2D eigenvalue weighted by molar-refractivity contribution is 0.660. The minimum absolute atomic E-state index is 0.111. The van der Waals surface area contributed by atoms with Crippen molar-refractivity contribution in [1.82, 2.24) is 0 Å². The van der Waals surface area contributed by atoms with Gasteiger partial charge in [-0.15, -0.1) is 0 Å². The highest BCUT2D eigenvalue weighted by molar-refractivity contribution is 6.13. The molecule has 0 bridgehead atoms. The van der Waals surface area contributed by atoms with Crippen molar-refractivity contribution in [2.75, 3.05) is 4.90 Å². The molecule has 224 valence electrons. The SMILES string of the molecule is CC1(C)c2ccccc2-c2ccc(N(c3cccc(-c4ccccc4)c3)c3ccccc3-c3cccc4oc5ccccc5c34)cc21. The fourth-order valence-corrected chi connectivity index (χ4v) is 7.61. The van der Waals surface area contributed by atoms with Crippen LogP contribution in [-0.4, -0.2) is 0 Å². The summed E-state index contributed by atoms with van der Waals surface area (Å²) >= 11 is 0. The van der Waals surface area contributed by atoms with Crippen LogP contribution in [0.4, 0.5) is 17.1 Å². The molecule has 9 rings (SSSR count). The van der Waals surface area contributed by atoms with E-state index in [9.17, 15) is 0 Å². The Labute approximate surface area is 275 Å². The molecule has 7 aromatic carbocycles. The first-order valence-corrected chi connectivity index (χ1v) is 16.3. The monoisotopic (exact) mass is 603 g/mol. The van der Waals surface area contributed by atoms with Crippen molar-refractivity contribution in [2.24, 2.45) is 0 Å². The average Bonchev–Trinajstić information content (AvgIpc) is 3.61. The van der Waals surface area contributed by atoms with Gasteiger partial charge >= 0.3 is 0 Å². The Bertz CT molecular complexity index is 2450. The number of rotatable bonds is 5. The highest BCUT2D eigenvalue weighted by atomic mass is 16.3. The molecular formula is C45H33NO. The second kappa shape index (κ2) is 10.6. The first-order chi connectivity index (χ1) is 23.1. The van der Waals surface area contributed by atoms with E-state index in [-0.39, 0.29) is 5.41 Å². The minimum atomic E-state index is -0.111. The third kappa shape index (κ3) is 4.33. The van der Waals surface area contributed by atoms with E-state index >= 15 is 0 Å². The van der Waals surface area contributed by atoms with Gasteiger partial charge in [-0.3, -0.25) is 0 Å². The molecule has 1 heterocycles. The third-order valence-electron chi connectivity index (χ3n) is 9.87. The summed E-state index contributed by atoms with van der Waals surface area (Å²) in [6, 6.07) is 58.9. The molecule has 2 heteroatoms. The number of furan rings is 1. The van der Waals surface area contributed by atoms with E-state index in [0.29, 0.717) is 0 Å². The highest BCUT2D eigenvalue weighted by Gasteiger charge is 2.36. The maximum Gasteiger partial charge on any atom is 0.136 e. The summed E-state index contributed by atoms with van der Waals surface area (Å²) in [5.74, 6) is 0. The van der Waals surface area contributed by atoms with Crippen LogP contribution in [0.25, 0.3) is 55.3 Å². The normalized spacial score (nSPS) is 13.1. The van der Waals surface area contributed by atoms with E-state index in [1.165, 1.54) is 33.4 Å². The molecule has 8 aromatic rings. The zero-order chi connectivity index (χ0) is 31.5. The second-order valence-electron chi connectivity index (χ2n) is 12.9. The van der Waals surface area contributed by atoms with Gasteiger partial charge in [0.1, 0.15) is 11.2 Å². The molecule has 1 aromatic heterocycles. The lowest BCUT2D eigenvalue weighted by Crippen LogP contribution is -2.17. The molecular weight excluding hydrogens is 571 g/mol. The zero-order valence-electron chi connectivity index (χ0n) is 26.4. The summed E-state index contributed by atoms with van der Waals surface area (Å²) in [5, 5.41) is 2.27. The number of para-hydroxylation sites is 2. The van der Waals surface area contributed by atoms with Crippen LogP contribution in [0.1, 0.15) is 25.0 Å². The molecule has 2 nitrogen and oxygen atoms in total. The summed E-state index contributed by atoms with van der Waals surface area (Å²) in [7, 11) is 0. The predicted octanol–water partition coefficient (Wildman–Crippen LogP) is 12.7. The first-order valence-electron chi connectivity index (χ1n) is 16.3. The average molecular weight is 604 g/mol. The molecule has 0 atom stereocenters. The number of hydrogen-bond donors (Lipinski definition) is 0. The molecule has 0 saturated carbocycles. The van der Waals surface area contributed by atoms with Crippen LogP contribution in [0.5, 0.6) is 0 Å². The quantitative estimate of drug-likeness (QED) is 0.195. The number of benzene rings is 7. The molecule has 0 saturated heterocycles. The van der Waals surface area contributed by atoms with Gasteiger partial charge in [0.2, 0.25) is 0 Å². The van der Waals surface area contributed by atoms with Crippen LogP contribution in [-0.2, 0) is 5.41 Å². The van der Waals surface area contributed by atoms with Gasteiger partial charge < -0.3 is 9.32 Å². The zero-order valence-corrected chi connectivity index (χ0v) is 26.4. The fourth-order valence-electron chi connectivity index (χ4n) is 7.61. The Hall–Kier alpha value is -5.86. The van der Waals surface area contributed by atoms with Gasteiger partial charge in [-0.1, -0.05) is 135 Å². The van der Waals surface area contributed by atoms with Crippen molar-refractivity contribution in [3.05, 3.63) is 175 Å². The van der Waals surface area contributed by atoms with Crippen molar-refractivity contribution in [3.63, 3.8) is 0 Å². The van der Waals surface area contributed by atoms with Gasteiger partial charge in [0, 0.05) is 33.1 Å². The van der Waals surface area contributed by atoms with Crippen molar-refractivity contribution in [1.29, 1.82) is 0 Å². The first kappa shape index (κ1) is 27.5. The van der Waals surface area contributed by atoms with E-state index in [1.807, 2.05) is 6.07 Å². The maximum atomic E-state index is 6.34. The van der Waals surface area contributed by atoms with Crippen LogP contribution < -0.4 is 4.90 Å². The minimum Gasteiger partial charge on any atom is -0.456 e. The molecule has 0 radical (unpaired) electrons. The van der Waals surface area contributed by atoms with Gasteiger partial charge in [-0.25, -0.2) is 0 Å². The Morgan fingerprint density at radius 1 is 0.447 bits per heavy atom. The Kier molecular flexibility index (Phi) is 6.20. The van der Waals surface area contributed by atoms with Crippen LogP contribution in [0.15, 0.2) is 168 Å². The van der Waals surface area contributed by atoms with Crippen molar-refractivity contribution in [3.8, 4) is 33.4 Å². The summed E-state index contributed by atoms with van der Waals surface area (Å²) < 4.78 is 6.34. The van der Waals surface area contributed by atoms with Crippen molar-refractivity contribution < 1.29 is 4.42 Å². The largest absolute Gasteiger partial charge is 0.456 e. The fraction of sp³-hybridized carbons (Fsp3) is 0.0667. The van der Waals surface area contributed by atoms with Gasteiger partial charge in [-0.2, -0.15) is 0 Å². The third-order valence-corrected chi connectivity index (χ3v) is 9.87. The Morgan fingerprint density at radius 3 is 1.98 bits per heavy atom. The molecule has 0 aliphatic heterocycles. The van der Waals surface area contributed by atoms with Crippen molar-refractivity contribution >= 4 is 39.0 Å². The van der Waals surface area contributed by atoms with Gasteiger partial charge in [-0.05, 0) is 81.4 Å². The molecule has 47 heavy (non-hydrogen) atoms.